The molecular formula is C11H12N4O. The summed E-state index contributed by atoms with van der Waals surface area (Å²) in [7, 11) is 0. The van der Waals surface area contributed by atoms with Crippen LogP contribution in [0, 0.1) is 6.92 Å². The number of aromatic nitrogens is 2. The van der Waals surface area contributed by atoms with Gasteiger partial charge in [0, 0.05) is 18.0 Å². The Morgan fingerprint density at radius 2 is 2.00 bits per heavy atom. The molecule has 0 saturated heterocycles. The highest BCUT2D eigenvalue weighted by Gasteiger charge is 2.01. The second kappa shape index (κ2) is 4.06. The molecule has 2 rings (SSSR count). The van der Waals surface area contributed by atoms with Crippen molar-refractivity contribution in [1.82, 2.24) is 9.97 Å². The first kappa shape index (κ1) is 10.2. The number of benzene rings is 1. The second-order valence-corrected chi connectivity index (χ2v) is 3.37. The molecule has 0 unspecified atom stereocenters. The van der Waals surface area contributed by atoms with E-state index in [0.29, 0.717) is 11.6 Å². The minimum Gasteiger partial charge on any atom is -0.439 e. The number of nitrogens with two attached hydrogens (primary N) is 2. The molecule has 1 aromatic carbocycles. The standard InChI is InChI=1S/C11H12N4O/c1-7-6-8(2-3-9(7)12)16-10-4-5-14-11(13)15-10/h2-6H,12H2,1H3,(H2,13,14,15). The molecule has 16 heavy (non-hydrogen) atoms. The van der Waals surface area contributed by atoms with E-state index < -0.39 is 0 Å². The molecule has 1 aromatic heterocycles. The van der Waals surface area contributed by atoms with Gasteiger partial charge in [-0.25, -0.2) is 4.98 Å². The van der Waals surface area contributed by atoms with E-state index in [-0.39, 0.29) is 5.95 Å². The van der Waals surface area contributed by atoms with Crippen molar-refractivity contribution in [3.63, 3.8) is 0 Å². The molecule has 0 aliphatic heterocycles. The van der Waals surface area contributed by atoms with Crippen molar-refractivity contribution in [2.45, 2.75) is 6.92 Å². The van der Waals surface area contributed by atoms with E-state index in [9.17, 15) is 0 Å². The summed E-state index contributed by atoms with van der Waals surface area (Å²) in [4.78, 5) is 7.71. The van der Waals surface area contributed by atoms with Crippen molar-refractivity contribution >= 4 is 11.6 Å². The van der Waals surface area contributed by atoms with Gasteiger partial charge in [0.05, 0.1) is 0 Å². The molecule has 0 radical (unpaired) electrons. The number of ether oxygens (including phenoxy) is 1. The molecule has 82 valence electrons. The first-order chi connectivity index (χ1) is 7.65. The maximum atomic E-state index is 5.71. The van der Waals surface area contributed by atoms with E-state index in [4.69, 9.17) is 16.2 Å². The molecule has 0 fully saturated rings. The van der Waals surface area contributed by atoms with Crippen LogP contribution in [0.4, 0.5) is 11.6 Å². The first-order valence-corrected chi connectivity index (χ1v) is 4.77. The molecule has 0 saturated carbocycles. The summed E-state index contributed by atoms with van der Waals surface area (Å²) in [5.74, 6) is 1.27. The molecule has 1 heterocycles. The third kappa shape index (κ3) is 2.20. The highest BCUT2D eigenvalue weighted by atomic mass is 16.5. The Hall–Kier alpha value is -2.30. The minimum atomic E-state index is 0.185. The summed E-state index contributed by atoms with van der Waals surface area (Å²) in [6.45, 7) is 1.91. The van der Waals surface area contributed by atoms with Gasteiger partial charge in [0.2, 0.25) is 11.8 Å². The lowest BCUT2D eigenvalue weighted by molar-refractivity contribution is 0.462. The van der Waals surface area contributed by atoms with Gasteiger partial charge in [-0.3, -0.25) is 0 Å². The fourth-order valence-corrected chi connectivity index (χ4v) is 1.25. The summed E-state index contributed by atoms with van der Waals surface area (Å²) >= 11 is 0. The zero-order valence-corrected chi connectivity index (χ0v) is 8.84. The number of hydrogen-bond donors (Lipinski definition) is 2. The van der Waals surface area contributed by atoms with E-state index >= 15 is 0 Å². The van der Waals surface area contributed by atoms with Crippen LogP contribution >= 0.6 is 0 Å². The van der Waals surface area contributed by atoms with Crippen LogP contribution in [0.5, 0.6) is 11.6 Å². The molecule has 0 aliphatic carbocycles. The van der Waals surface area contributed by atoms with Gasteiger partial charge in [0.25, 0.3) is 0 Å². The number of nitrogen functional groups attached to an aromatic ring is 2. The lowest BCUT2D eigenvalue weighted by Crippen LogP contribution is -1.96. The Labute approximate surface area is 93.1 Å². The molecule has 2 aromatic rings. The van der Waals surface area contributed by atoms with Crippen molar-refractivity contribution in [1.29, 1.82) is 0 Å². The molecular weight excluding hydrogens is 204 g/mol. The van der Waals surface area contributed by atoms with Crippen LogP contribution in [-0.4, -0.2) is 9.97 Å². The van der Waals surface area contributed by atoms with E-state index in [0.717, 1.165) is 11.3 Å². The highest BCUT2D eigenvalue weighted by Crippen LogP contribution is 2.23. The zero-order chi connectivity index (χ0) is 11.5. The normalized spacial score (nSPS) is 10.1. The second-order valence-electron chi connectivity index (χ2n) is 3.37. The average Bonchev–Trinajstić information content (AvgIpc) is 2.24. The number of anilines is 2. The SMILES string of the molecule is Cc1cc(Oc2ccnc(N)n2)ccc1N. The maximum Gasteiger partial charge on any atom is 0.224 e. The van der Waals surface area contributed by atoms with Crippen molar-refractivity contribution in [3.8, 4) is 11.6 Å². The predicted octanol–water partition coefficient (Wildman–Crippen LogP) is 1.74. The quantitative estimate of drug-likeness (QED) is 0.746. The molecule has 0 spiro atoms. The Morgan fingerprint density at radius 3 is 2.69 bits per heavy atom. The molecule has 5 nitrogen and oxygen atoms in total. The number of rotatable bonds is 2. The lowest BCUT2D eigenvalue weighted by atomic mass is 10.2. The Morgan fingerprint density at radius 1 is 1.19 bits per heavy atom. The van der Waals surface area contributed by atoms with Crippen molar-refractivity contribution in [2.24, 2.45) is 0 Å². The molecule has 4 N–H and O–H groups in total. The number of nitrogens with zero attached hydrogens (tertiary/aromatic N) is 2. The summed E-state index contributed by atoms with van der Waals surface area (Å²) in [5, 5.41) is 0. The van der Waals surface area contributed by atoms with Crippen molar-refractivity contribution < 1.29 is 4.74 Å². The van der Waals surface area contributed by atoms with E-state index in [1.807, 2.05) is 13.0 Å². The van der Waals surface area contributed by atoms with Gasteiger partial charge in [0.15, 0.2) is 0 Å². The van der Waals surface area contributed by atoms with Gasteiger partial charge >= 0.3 is 0 Å². The largest absolute Gasteiger partial charge is 0.439 e. The summed E-state index contributed by atoms with van der Waals surface area (Å²) < 4.78 is 5.51. The van der Waals surface area contributed by atoms with Crippen LogP contribution in [0.15, 0.2) is 30.5 Å². The molecule has 5 heteroatoms. The summed E-state index contributed by atoms with van der Waals surface area (Å²) in [6, 6.07) is 7.05. The van der Waals surface area contributed by atoms with Crippen molar-refractivity contribution in [2.75, 3.05) is 11.5 Å². The van der Waals surface area contributed by atoms with E-state index in [1.165, 1.54) is 0 Å². The van der Waals surface area contributed by atoms with Crippen LogP contribution in [0.25, 0.3) is 0 Å². The van der Waals surface area contributed by atoms with Gasteiger partial charge < -0.3 is 16.2 Å². The van der Waals surface area contributed by atoms with Crippen LogP contribution in [-0.2, 0) is 0 Å². The average molecular weight is 216 g/mol. The summed E-state index contributed by atoms with van der Waals surface area (Å²) in [6.07, 6.45) is 1.54. The maximum absolute atomic E-state index is 5.71. The minimum absolute atomic E-state index is 0.185. The van der Waals surface area contributed by atoms with Crippen LogP contribution < -0.4 is 16.2 Å². The fourth-order valence-electron chi connectivity index (χ4n) is 1.25. The number of hydrogen-bond acceptors (Lipinski definition) is 5. The third-order valence-electron chi connectivity index (χ3n) is 2.11. The van der Waals surface area contributed by atoms with Crippen LogP contribution in [0.1, 0.15) is 5.56 Å². The Kier molecular flexibility index (Phi) is 2.59. The Balaban J connectivity index is 2.24. The summed E-state index contributed by atoms with van der Waals surface area (Å²) in [5.41, 5.74) is 12.8. The topological polar surface area (TPSA) is 87.0 Å². The smallest absolute Gasteiger partial charge is 0.224 e. The first-order valence-electron chi connectivity index (χ1n) is 4.77. The highest BCUT2D eigenvalue weighted by molar-refractivity contribution is 5.50. The van der Waals surface area contributed by atoms with Gasteiger partial charge in [-0.05, 0) is 30.7 Å². The molecule has 0 atom stereocenters. The zero-order valence-electron chi connectivity index (χ0n) is 8.84. The molecule has 0 aliphatic rings. The fraction of sp³-hybridized carbons (Fsp3) is 0.0909. The molecule has 0 bridgehead atoms. The van der Waals surface area contributed by atoms with E-state index in [1.54, 1.807) is 24.4 Å². The Bertz CT molecular complexity index is 513. The van der Waals surface area contributed by atoms with Gasteiger partial charge in [-0.1, -0.05) is 0 Å². The lowest BCUT2D eigenvalue weighted by Gasteiger charge is -2.06. The third-order valence-corrected chi connectivity index (χ3v) is 2.11. The predicted molar refractivity (Wildman–Crippen MR) is 62.1 cm³/mol. The molecule has 0 amide bonds. The van der Waals surface area contributed by atoms with Gasteiger partial charge in [-0.15, -0.1) is 0 Å². The van der Waals surface area contributed by atoms with Crippen molar-refractivity contribution in [3.05, 3.63) is 36.0 Å². The van der Waals surface area contributed by atoms with Gasteiger partial charge in [-0.2, -0.15) is 4.98 Å². The van der Waals surface area contributed by atoms with Gasteiger partial charge in [0.1, 0.15) is 5.75 Å². The number of aryl methyl sites for hydroxylation is 1. The van der Waals surface area contributed by atoms with Crippen LogP contribution in [0.2, 0.25) is 0 Å². The van der Waals surface area contributed by atoms with Crippen LogP contribution in [0.3, 0.4) is 0 Å². The van der Waals surface area contributed by atoms with E-state index in [2.05, 4.69) is 9.97 Å². The monoisotopic (exact) mass is 216 g/mol.